The number of hydrogen-bond donors (Lipinski definition) is 1. The molecule has 0 aromatic heterocycles. The van der Waals surface area contributed by atoms with Gasteiger partial charge in [0, 0.05) is 6.04 Å². The van der Waals surface area contributed by atoms with Crippen molar-refractivity contribution in [1.82, 2.24) is 5.32 Å². The molecule has 1 aromatic rings. The van der Waals surface area contributed by atoms with Crippen molar-refractivity contribution in [1.29, 1.82) is 0 Å². The molecule has 1 heterocycles. The molecule has 15 heavy (non-hydrogen) atoms. The van der Waals surface area contributed by atoms with Gasteiger partial charge in [0.05, 0.1) is 0 Å². The number of benzene rings is 1. The second-order valence-corrected chi connectivity index (χ2v) is 4.59. The number of hydrogen-bond acceptors (Lipinski definition) is 1. The molecule has 0 aliphatic carbocycles. The van der Waals surface area contributed by atoms with Crippen molar-refractivity contribution < 1.29 is 4.39 Å². The maximum atomic E-state index is 13.0. The molecule has 1 saturated heterocycles. The number of piperidine rings is 1. The van der Waals surface area contributed by atoms with Gasteiger partial charge in [0.15, 0.2) is 0 Å². The molecule has 1 aromatic carbocycles. The first-order valence-electron chi connectivity index (χ1n) is 5.72. The fourth-order valence-electron chi connectivity index (χ4n) is 2.23. The summed E-state index contributed by atoms with van der Waals surface area (Å²) in [6, 6.07) is 7.61. The molecule has 1 aliphatic heterocycles. The smallest absolute Gasteiger partial charge is 0.123 e. The Hall–Kier alpha value is -0.890. The Labute approximate surface area is 90.7 Å². The van der Waals surface area contributed by atoms with Gasteiger partial charge >= 0.3 is 0 Å². The lowest BCUT2D eigenvalue weighted by molar-refractivity contribution is 0.322. The highest BCUT2D eigenvalue weighted by Gasteiger charge is 2.17. The van der Waals surface area contributed by atoms with Gasteiger partial charge in [-0.2, -0.15) is 0 Å². The Morgan fingerprint density at radius 2 is 2.27 bits per heavy atom. The molecule has 1 nitrogen and oxygen atoms in total. The van der Waals surface area contributed by atoms with E-state index in [1.165, 1.54) is 18.9 Å². The van der Waals surface area contributed by atoms with E-state index in [0.29, 0.717) is 12.0 Å². The summed E-state index contributed by atoms with van der Waals surface area (Å²) in [5, 5.41) is 3.47. The van der Waals surface area contributed by atoms with Crippen LogP contribution < -0.4 is 5.32 Å². The first kappa shape index (κ1) is 10.6. The van der Waals surface area contributed by atoms with Crippen LogP contribution in [0.25, 0.3) is 0 Å². The van der Waals surface area contributed by atoms with E-state index >= 15 is 0 Å². The maximum absolute atomic E-state index is 13.0. The highest BCUT2D eigenvalue weighted by Crippen LogP contribution is 2.19. The average Bonchev–Trinajstić information content (AvgIpc) is 2.22. The molecule has 1 fully saturated rings. The number of halogens is 1. The number of rotatable bonds is 2. The lowest BCUT2D eigenvalue weighted by atomic mass is 9.90. The molecule has 2 atom stereocenters. The van der Waals surface area contributed by atoms with Gasteiger partial charge in [-0.3, -0.25) is 0 Å². The summed E-state index contributed by atoms with van der Waals surface area (Å²) in [6.45, 7) is 3.29. The van der Waals surface area contributed by atoms with Gasteiger partial charge in [-0.05, 0) is 56.3 Å². The third kappa shape index (κ3) is 3.03. The predicted octanol–water partition coefficient (Wildman–Crippen LogP) is 2.76. The first-order chi connectivity index (χ1) is 7.24. The van der Waals surface area contributed by atoms with Crippen LogP contribution in [-0.2, 0) is 6.42 Å². The third-order valence-corrected chi connectivity index (χ3v) is 3.18. The van der Waals surface area contributed by atoms with Crippen molar-refractivity contribution in [2.24, 2.45) is 5.92 Å². The zero-order chi connectivity index (χ0) is 10.7. The van der Waals surface area contributed by atoms with Crippen molar-refractivity contribution in [2.45, 2.75) is 32.2 Å². The van der Waals surface area contributed by atoms with Crippen LogP contribution in [-0.4, -0.2) is 12.6 Å². The van der Waals surface area contributed by atoms with E-state index in [-0.39, 0.29) is 5.82 Å². The van der Waals surface area contributed by atoms with Crippen LogP contribution in [0.1, 0.15) is 25.3 Å². The van der Waals surface area contributed by atoms with E-state index in [2.05, 4.69) is 12.2 Å². The van der Waals surface area contributed by atoms with Crippen molar-refractivity contribution >= 4 is 0 Å². The Kier molecular flexibility index (Phi) is 3.37. The lowest BCUT2D eigenvalue weighted by Crippen LogP contribution is -2.37. The summed E-state index contributed by atoms with van der Waals surface area (Å²) in [5.41, 5.74) is 1.12. The van der Waals surface area contributed by atoms with Gasteiger partial charge in [0.2, 0.25) is 0 Å². The van der Waals surface area contributed by atoms with Crippen LogP contribution in [0.3, 0.4) is 0 Å². The fourth-order valence-corrected chi connectivity index (χ4v) is 2.23. The molecule has 2 unspecified atom stereocenters. The fraction of sp³-hybridized carbons (Fsp3) is 0.538. The normalized spacial score (nSPS) is 26.5. The highest BCUT2D eigenvalue weighted by molar-refractivity contribution is 5.17. The second kappa shape index (κ2) is 4.75. The van der Waals surface area contributed by atoms with Gasteiger partial charge in [-0.1, -0.05) is 12.1 Å². The van der Waals surface area contributed by atoms with Gasteiger partial charge in [-0.25, -0.2) is 4.39 Å². The monoisotopic (exact) mass is 207 g/mol. The van der Waals surface area contributed by atoms with E-state index in [4.69, 9.17) is 0 Å². The Balaban J connectivity index is 1.92. The van der Waals surface area contributed by atoms with Gasteiger partial charge < -0.3 is 5.32 Å². The van der Waals surface area contributed by atoms with E-state index in [9.17, 15) is 4.39 Å². The van der Waals surface area contributed by atoms with E-state index in [1.807, 2.05) is 6.07 Å². The molecule has 0 spiro atoms. The van der Waals surface area contributed by atoms with Crippen molar-refractivity contribution in [3.05, 3.63) is 35.6 Å². The largest absolute Gasteiger partial charge is 0.314 e. The molecule has 82 valence electrons. The highest BCUT2D eigenvalue weighted by atomic mass is 19.1. The Bertz CT molecular complexity index is 316. The van der Waals surface area contributed by atoms with Crippen molar-refractivity contribution in [2.75, 3.05) is 6.54 Å². The summed E-state index contributed by atoms with van der Waals surface area (Å²) in [7, 11) is 0. The van der Waals surface area contributed by atoms with Crippen LogP contribution in [0.15, 0.2) is 24.3 Å². The summed E-state index contributed by atoms with van der Waals surface area (Å²) in [4.78, 5) is 0. The minimum Gasteiger partial charge on any atom is -0.314 e. The van der Waals surface area contributed by atoms with Crippen LogP contribution >= 0.6 is 0 Å². The lowest BCUT2D eigenvalue weighted by Gasteiger charge is -2.27. The van der Waals surface area contributed by atoms with Crippen LogP contribution in [0.2, 0.25) is 0 Å². The molecule has 0 amide bonds. The molecule has 1 aliphatic rings. The first-order valence-corrected chi connectivity index (χ1v) is 5.72. The molecule has 0 bridgehead atoms. The topological polar surface area (TPSA) is 12.0 Å². The molecule has 2 rings (SSSR count). The molecule has 2 heteroatoms. The summed E-state index contributed by atoms with van der Waals surface area (Å²) in [5.74, 6) is 0.549. The zero-order valence-corrected chi connectivity index (χ0v) is 9.17. The van der Waals surface area contributed by atoms with Gasteiger partial charge in [-0.15, -0.1) is 0 Å². The van der Waals surface area contributed by atoms with Crippen molar-refractivity contribution in [3.63, 3.8) is 0 Å². The summed E-state index contributed by atoms with van der Waals surface area (Å²) >= 11 is 0. The van der Waals surface area contributed by atoms with Gasteiger partial charge in [0.1, 0.15) is 5.82 Å². The minimum absolute atomic E-state index is 0.121. The third-order valence-electron chi connectivity index (χ3n) is 3.18. The quantitative estimate of drug-likeness (QED) is 0.786. The molecular formula is C13H18FN. The number of nitrogens with one attached hydrogen (secondary N) is 1. The molecule has 0 radical (unpaired) electrons. The van der Waals surface area contributed by atoms with Crippen LogP contribution in [0, 0.1) is 11.7 Å². The maximum Gasteiger partial charge on any atom is 0.123 e. The van der Waals surface area contributed by atoms with Gasteiger partial charge in [0.25, 0.3) is 0 Å². The molecular weight excluding hydrogens is 189 g/mol. The predicted molar refractivity (Wildman–Crippen MR) is 60.3 cm³/mol. The Morgan fingerprint density at radius 3 is 2.93 bits per heavy atom. The SMILES string of the molecule is CC1CCC(Cc2cccc(F)c2)CN1. The summed E-state index contributed by atoms with van der Waals surface area (Å²) < 4.78 is 13.0. The second-order valence-electron chi connectivity index (χ2n) is 4.59. The van der Waals surface area contributed by atoms with E-state index in [0.717, 1.165) is 18.5 Å². The van der Waals surface area contributed by atoms with Crippen LogP contribution in [0.4, 0.5) is 4.39 Å². The van der Waals surface area contributed by atoms with Crippen LogP contribution in [0.5, 0.6) is 0 Å². The standard InChI is InChI=1S/C13H18FN/c1-10-5-6-12(9-15-10)7-11-3-2-4-13(14)8-11/h2-4,8,10,12,15H,5-7,9H2,1H3. The Morgan fingerprint density at radius 1 is 1.40 bits per heavy atom. The zero-order valence-electron chi connectivity index (χ0n) is 9.17. The minimum atomic E-state index is -0.121. The molecule has 0 saturated carbocycles. The van der Waals surface area contributed by atoms with Crippen molar-refractivity contribution in [3.8, 4) is 0 Å². The van der Waals surface area contributed by atoms with E-state index < -0.39 is 0 Å². The van der Waals surface area contributed by atoms with E-state index in [1.54, 1.807) is 12.1 Å². The molecule has 1 N–H and O–H groups in total. The average molecular weight is 207 g/mol. The summed E-state index contributed by atoms with van der Waals surface area (Å²) in [6.07, 6.45) is 3.49.